The van der Waals surface area contributed by atoms with Crippen molar-refractivity contribution in [2.45, 2.75) is 56.3 Å². The number of carbonyl (C=O) groups is 5. The van der Waals surface area contributed by atoms with E-state index in [-0.39, 0.29) is 18.7 Å². The molecule has 1 saturated heterocycles. The predicted molar refractivity (Wildman–Crippen MR) is 149 cm³/mol. The number of rotatable bonds is 13. The van der Waals surface area contributed by atoms with Gasteiger partial charge in [-0.25, -0.2) is 4.79 Å². The van der Waals surface area contributed by atoms with Crippen molar-refractivity contribution in [2.75, 3.05) is 6.54 Å². The maximum atomic E-state index is 13.4. The molecule has 12 heteroatoms. The number of fused-ring (bicyclic) bond motifs is 1. The van der Waals surface area contributed by atoms with Crippen LogP contribution >= 0.6 is 0 Å². The number of para-hydroxylation sites is 1. The van der Waals surface area contributed by atoms with Gasteiger partial charge in [-0.05, 0) is 36.6 Å². The van der Waals surface area contributed by atoms with Crippen LogP contribution in [-0.4, -0.2) is 75.6 Å². The van der Waals surface area contributed by atoms with E-state index < -0.39 is 54.3 Å². The van der Waals surface area contributed by atoms with Gasteiger partial charge < -0.3 is 36.5 Å². The molecule has 4 rings (SSSR count). The predicted octanol–water partition coefficient (Wildman–Crippen LogP) is 0.719. The topological polar surface area (TPSA) is 190 Å². The number of carboxylic acids is 2. The fourth-order valence-corrected chi connectivity index (χ4v) is 4.89. The number of benzene rings is 2. The molecule has 0 spiro atoms. The fraction of sp³-hybridized carbons (Fsp3) is 0.345. The van der Waals surface area contributed by atoms with Gasteiger partial charge in [0, 0.05) is 29.9 Å². The highest BCUT2D eigenvalue weighted by molar-refractivity contribution is 5.96. The molecule has 2 heterocycles. The second-order valence-electron chi connectivity index (χ2n) is 10.0. The SMILES string of the molecule is O=C(O)CC(NC(=O)C(Cc1ccccc1)NC(=O)C1CCCN1)C(=O)NC(Cc1c[nH]c2ccccc12)C(=O)O. The van der Waals surface area contributed by atoms with Crippen molar-refractivity contribution in [1.82, 2.24) is 26.3 Å². The van der Waals surface area contributed by atoms with Gasteiger partial charge >= 0.3 is 11.9 Å². The number of carbonyl (C=O) groups excluding carboxylic acids is 3. The maximum absolute atomic E-state index is 13.4. The molecule has 2 aromatic carbocycles. The molecule has 3 amide bonds. The van der Waals surface area contributed by atoms with Crippen molar-refractivity contribution in [1.29, 1.82) is 0 Å². The zero-order chi connectivity index (χ0) is 29.4. The fourth-order valence-electron chi connectivity index (χ4n) is 4.89. The van der Waals surface area contributed by atoms with Crippen LogP contribution in [0.1, 0.15) is 30.4 Å². The first-order valence-corrected chi connectivity index (χ1v) is 13.4. The van der Waals surface area contributed by atoms with E-state index in [0.717, 1.165) is 22.9 Å². The Kier molecular flexibility index (Phi) is 9.69. The van der Waals surface area contributed by atoms with Crippen molar-refractivity contribution in [3.63, 3.8) is 0 Å². The van der Waals surface area contributed by atoms with E-state index >= 15 is 0 Å². The number of nitrogens with one attached hydrogen (secondary N) is 5. The summed E-state index contributed by atoms with van der Waals surface area (Å²) in [4.78, 5) is 66.1. The van der Waals surface area contributed by atoms with E-state index in [0.29, 0.717) is 18.5 Å². The molecule has 0 saturated carbocycles. The highest BCUT2D eigenvalue weighted by atomic mass is 16.4. The van der Waals surface area contributed by atoms with Crippen LogP contribution in [0.2, 0.25) is 0 Å². The van der Waals surface area contributed by atoms with Crippen molar-refractivity contribution in [3.8, 4) is 0 Å². The average Bonchev–Trinajstić information content (AvgIpc) is 3.63. The van der Waals surface area contributed by atoms with Gasteiger partial charge in [-0.1, -0.05) is 48.5 Å². The van der Waals surface area contributed by atoms with Crippen LogP contribution in [0.25, 0.3) is 10.9 Å². The third-order valence-corrected chi connectivity index (χ3v) is 7.02. The number of aliphatic carboxylic acids is 2. The van der Waals surface area contributed by atoms with Gasteiger partial charge in [-0.2, -0.15) is 0 Å². The summed E-state index contributed by atoms with van der Waals surface area (Å²) in [7, 11) is 0. The Labute approximate surface area is 235 Å². The third-order valence-electron chi connectivity index (χ3n) is 7.02. The first kappa shape index (κ1) is 29.3. The van der Waals surface area contributed by atoms with E-state index in [1.165, 1.54) is 0 Å². The van der Waals surface area contributed by atoms with E-state index in [1.54, 1.807) is 36.5 Å². The zero-order valence-corrected chi connectivity index (χ0v) is 22.3. The standard InChI is InChI=1S/C29H33N5O7/c35-25(36)15-23(28(39)34-24(29(40)41)14-18-16-31-20-10-5-4-9-19(18)20)33-27(38)22(13-17-7-2-1-3-8-17)32-26(37)21-11-6-12-30-21/h1-5,7-10,16,21-24,30-31H,6,11-15H2,(H,32,37)(H,33,38)(H,34,39)(H,35,36)(H,40,41). The summed E-state index contributed by atoms with van der Waals surface area (Å²) in [6.07, 6.45) is 2.33. The van der Waals surface area contributed by atoms with Gasteiger partial charge in [0.1, 0.15) is 18.1 Å². The summed E-state index contributed by atoms with van der Waals surface area (Å²) in [5, 5.41) is 30.6. The summed E-state index contributed by atoms with van der Waals surface area (Å²) in [5.41, 5.74) is 2.20. The molecule has 12 nitrogen and oxygen atoms in total. The van der Waals surface area contributed by atoms with Gasteiger partial charge in [0.2, 0.25) is 17.7 Å². The van der Waals surface area contributed by atoms with E-state index in [4.69, 9.17) is 0 Å². The third kappa shape index (κ3) is 7.92. The molecule has 0 radical (unpaired) electrons. The Bertz CT molecular complexity index is 1400. The number of aromatic nitrogens is 1. The first-order valence-electron chi connectivity index (χ1n) is 13.4. The van der Waals surface area contributed by atoms with Gasteiger partial charge in [0.15, 0.2) is 0 Å². The molecule has 1 aliphatic heterocycles. The van der Waals surface area contributed by atoms with Gasteiger partial charge in [-0.3, -0.25) is 19.2 Å². The largest absolute Gasteiger partial charge is 0.481 e. The maximum Gasteiger partial charge on any atom is 0.326 e. The van der Waals surface area contributed by atoms with Gasteiger partial charge in [0.25, 0.3) is 0 Å². The van der Waals surface area contributed by atoms with E-state index in [2.05, 4.69) is 26.3 Å². The minimum absolute atomic E-state index is 0.0695. The first-order chi connectivity index (χ1) is 19.7. The van der Waals surface area contributed by atoms with Crippen LogP contribution in [0.5, 0.6) is 0 Å². The number of H-pyrrole nitrogens is 1. The molecule has 1 aromatic heterocycles. The summed E-state index contributed by atoms with van der Waals surface area (Å²) in [6, 6.07) is 11.7. The Morgan fingerprint density at radius 2 is 1.51 bits per heavy atom. The lowest BCUT2D eigenvalue weighted by atomic mass is 10.0. The number of hydrogen-bond acceptors (Lipinski definition) is 6. The molecule has 4 unspecified atom stereocenters. The van der Waals surface area contributed by atoms with Crippen LogP contribution in [0.4, 0.5) is 0 Å². The summed E-state index contributed by atoms with van der Waals surface area (Å²) >= 11 is 0. The van der Waals surface area contributed by atoms with Crippen LogP contribution < -0.4 is 21.3 Å². The lowest BCUT2D eigenvalue weighted by Gasteiger charge is -2.24. The molecule has 7 N–H and O–H groups in total. The van der Waals surface area contributed by atoms with Crippen molar-refractivity contribution >= 4 is 40.6 Å². The normalized spacial score (nSPS) is 16.8. The minimum Gasteiger partial charge on any atom is -0.481 e. The van der Waals surface area contributed by atoms with Crippen molar-refractivity contribution in [3.05, 3.63) is 71.9 Å². The molecular weight excluding hydrogens is 530 g/mol. The Hall–Kier alpha value is -4.71. The molecule has 1 aliphatic rings. The summed E-state index contributed by atoms with van der Waals surface area (Å²) in [5.74, 6) is -4.78. The molecule has 216 valence electrons. The molecular formula is C29H33N5O7. The molecule has 41 heavy (non-hydrogen) atoms. The van der Waals surface area contributed by atoms with Crippen molar-refractivity contribution in [2.24, 2.45) is 0 Å². The number of aromatic amines is 1. The number of carboxylic acid groups (broad SMARTS) is 2. The molecule has 0 aliphatic carbocycles. The molecule has 3 aromatic rings. The molecule has 1 fully saturated rings. The monoisotopic (exact) mass is 563 g/mol. The van der Waals surface area contributed by atoms with Crippen molar-refractivity contribution < 1.29 is 34.2 Å². The lowest BCUT2D eigenvalue weighted by Crippen LogP contribution is -2.58. The summed E-state index contributed by atoms with van der Waals surface area (Å²) in [6.45, 7) is 0.678. The molecule has 4 atom stereocenters. The highest BCUT2D eigenvalue weighted by Crippen LogP contribution is 2.19. The van der Waals surface area contributed by atoms with E-state index in [9.17, 15) is 34.2 Å². The quantitative estimate of drug-likeness (QED) is 0.158. The van der Waals surface area contributed by atoms with Gasteiger partial charge in [-0.15, -0.1) is 0 Å². The van der Waals surface area contributed by atoms with Gasteiger partial charge in [0.05, 0.1) is 12.5 Å². The number of hydrogen-bond donors (Lipinski definition) is 7. The second-order valence-corrected chi connectivity index (χ2v) is 10.0. The average molecular weight is 564 g/mol. The van der Waals surface area contributed by atoms with Crippen LogP contribution in [0.3, 0.4) is 0 Å². The molecule has 0 bridgehead atoms. The smallest absolute Gasteiger partial charge is 0.326 e. The van der Waals surface area contributed by atoms with Crippen LogP contribution in [0, 0.1) is 0 Å². The van der Waals surface area contributed by atoms with Crippen LogP contribution in [0.15, 0.2) is 60.8 Å². The Morgan fingerprint density at radius 1 is 0.829 bits per heavy atom. The second kappa shape index (κ2) is 13.6. The van der Waals surface area contributed by atoms with E-state index in [1.807, 2.05) is 24.3 Å². The lowest BCUT2D eigenvalue weighted by molar-refractivity contribution is -0.143. The zero-order valence-electron chi connectivity index (χ0n) is 22.3. The Balaban J connectivity index is 1.49. The number of amides is 3. The summed E-state index contributed by atoms with van der Waals surface area (Å²) < 4.78 is 0. The highest BCUT2D eigenvalue weighted by Gasteiger charge is 2.33. The van der Waals surface area contributed by atoms with Crippen LogP contribution in [-0.2, 0) is 36.8 Å². The Morgan fingerprint density at radius 3 is 2.20 bits per heavy atom. The minimum atomic E-state index is -1.58.